The van der Waals surface area contributed by atoms with Crippen LogP contribution in [-0.2, 0) is 0 Å². The van der Waals surface area contributed by atoms with Crippen molar-refractivity contribution in [2.45, 2.75) is 16.2 Å². The van der Waals surface area contributed by atoms with Crippen molar-refractivity contribution < 1.29 is 0 Å². The fourth-order valence-electron chi connectivity index (χ4n) is 5.51. The third-order valence-electron chi connectivity index (χ3n) is 6.96. The molecule has 7 rings (SSSR count). The Morgan fingerprint density at radius 3 is 1.80 bits per heavy atom. The lowest BCUT2D eigenvalue weighted by molar-refractivity contribution is 0.737. The maximum Gasteiger partial charge on any atom is 0.0767 e. The van der Waals surface area contributed by atoms with Crippen molar-refractivity contribution in [1.82, 2.24) is 0 Å². The summed E-state index contributed by atoms with van der Waals surface area (Å²) in [5.74, 6) is 0. The van der Waals surface area contributed by atoms with Crippen LogP contribution in [0.15, 0.2) is 138 Å². The molecular formula is C32H24N2S. The first-order valence-corrected chi connectivity index (χ1v) is 12.9. The van der Waals surface area contributed by atoms with Gasteiger partial charge in [-0.1, -0.05) is 84.9 Å². The predicted octanol–water partition coefficient (Wildman–Crippen LogP) is 9.20. The van der Waals surface area contributed by atoms with Gasteiger partial charge in [-0.15, -0.1) is 11.8 Å². The Balaban J connectivity index is 1.42. The molecule has 0 spiro atoms. The van der Waals surface area contributed by atoms with Crippen molar-refractivity contribution in [3.05, 3.63) is 145 Å². The summed E-state index contributed by atoms with van der Waals surface area (Å²) < 4.78 is 0. The molecule has 0 aliphatic carbocycles. The summed E-state index contributed by atoms with van der Waals surface area (Å²) in [4.78, 5) is 6.30. The lowest BCUT2D eigenvalue weighted by atomic mass is 10.0. The molecule has 35 heavy (non-hydrogen) atoms. The van der Waals surface area contributed by atoms with Gasteiger partial charge >= 0.3 is 0 Å². The Labute approximate surface area is 210 Å². The first-order valence-electron chi connectivity index (χ1n) is 12.0. The molecule has 2 nitrogen and oxygen atoms in total. The van der Waals surface area contributed by atoms with E-state index in [2.05, 4.69) is 143 Å². The molecule has 0 saturated carbocycles. The van der Waals surface area contributed by atoms with Crippen LogP contribution in [-0.4, -0.2) is 0 Å². The van der Waals surface area contributed by atoms with E-state index in [4.69, 9.17) is 0 Å². The molecule has 2 heterocycles. The summed E-state index contributed by atoms with van der Waals surface area (Å²) >= 11 is 2.01. The normalized spacial score (nSPS) is 17.5. The van der Waals surface area contributed by atoms with Gasteiger partial charge in [0.25, 0.3) is 0 Å². The van der Waals surface area contributed by atoms with Gasteiger partial charge in [-0.25, -0.2) is 0 Å². The summed E-state index contributed by atoms with van der Waals surface area (Å²) in [6.45, 7) is 0. The smallest absolute Gasteiger partial charge is 0.0767 e. The van der Waals surface area contributed by atoms with Crippen LogP contribution in [0.25, 0.3) is 0 Å². The number of nitrogens with zero attached hydrogens (tertiary/aromatic N) is 2. The summed E-state index contributed by atoms with van der Waals surface area (Å²) in [5, 5.41) is 0.357. The van der Waals surface area contributed by atoms with Gasteiger partial charge in [-0.05, 0) is 59.7 Å². The Kier molecular flexibility index (Phi) is 4.88. The van der Waals surface area contributed by atoms with Gasteiger partial charge in [-0.3, -0.25) is 0 Å². The van der Waals surface area contributed by atoms with Gasteiger partial charge in [0.1, 0.15) is 0 Å². The summed E-state index contributed by atoms with van der Waals surface area (Å²) in [5.41, 5.74) is 8.96. The van der Waals surface area contributed by atoms with Crippen LogP contribution < -0.4 is 9.80 Å². The van der Waals surface area contributed by atoms with Crippen LogP contribution in [0.2, 0.25) is 0 Å². The van der Waals surface area contributed by atoms with E-state index in [0.717, 1.165) is 0 Å². The van der Waals surface area contributed by atoms with Gasteiger partial charge in [0.2, 0.25) is 0 Å². The average molecular weight is 469 g/mol. The van der Waals surface area contributed by atoms with Crippen molar-refractivity contribution in [3.63, 3.8) is 0 Å². The monoisotopic (exact) mass is 468 g/mol. The van der Waals surface area contributed by atoms with E-state index in [-0.39, 0.29) is 6.04 Å². The zero-order valence-electron chi connectivity index (χ0n) is 19.2. The highest BCUT2D eigenvalue weighted by Gasteiger charge is 2.47. The second kappa shape index (κ2) is 8.37. The molecule has 2 aliphatic heterocycles. The van der Waals surface area contributed by atoms with Crippen LogP contribution in [0, 0.1) is 0 Å². The van der Waals surface area contributed by atoms with E-state index in [9.17, 15) is 0 Å². The average Bonchev–Trinajstić information content (AvgIpc) is 3.46. The molecule has 168 valence electrons. The molecule has 5 aromatic carbocycles. The first kappa shape index (κ1) is 20.4. The molecule has 0 radical (unpaired) electrons. The quantitative estimate of drug-likeness (QED) is 0.259. The van der Waals surface area contributed by atoms with Crippen LogP contribution in [0.1, 0.15) is 22.4 Å². The van der Waals surface area contributed by atoms with Crippen LogP contribution in [0.4, 0.5) is 28.4 Å². The minimum absolute atomic E-state index is 0.267. The molecule has 0 saturated heterocycles. The fraction of sp³-hybridized carbons (Fsp3) is 0.0625. The highest BCUT2D eigenvalue weighted by Crippen LogP contribution is 2.66. The Morgan fingerprint density at radius 2 is 1.11 bits per heavy atom. The van der Waals surface area contributed by atoms with Crippen LogP contribution >= 0.6 is 11.8 Å². The second-order valence-corrected chi connectivity index (χ2v) is 10.1. The number of fused-ring (bicyclic) bond motifs is 5. The summed E-state index contributed by atoms with van der Waals surface area (Å²) in [6, 6.07) is 48.2. The second-order valence-electron chi connectivity index (χ2n) is 8.95. The molecule has 0 aromatic heterocycles. The number of anilines is 5. The third kappa shape index (κ3) is 3.27. The molecule has 2 atom stereocenters. The largest absolute Gasteiger partial charge is 0.332 e. The number of hydrogen-bond donors (Lipinski definition) is 0. The highest BCUT2D eigenvalue weighted by atomic mass is 32.2. The standard InChI is InChI=1S/C32H24N2S/c1-4-13-23(14-5-1)33(24-15-6-2-7-16-24)29-22-12-20-27-30-32(35-31(27)29)26-19-10-11-21-28(26)34(30)25-17-8-3-9-18-25/h1-22,30,32H. The topological polar surface area (TPSA) is 6.48 Å². The van der Waals surface area contributed by atoms with Gasteiger partial charge < -0.3 is 9.80 Å². The van der Waals surface area contributed by atoms with Gasteiger partial charge in [0.05, 0.1) is 17.0 Å². The number of rotatable bonds is 4. The molecule has 5 aromatic rings. The molecule has 2 unspecified atom stereocenters. The van der Waals surface area contributed by atoms with Crippen LogP contribution in [0.3, 0.4) is 0 Å². The van der Waals surface area contributed by atoms with E-state index < -0.39 is 0 Å². The van der Waals surface area contributed by atoms with Crippen molar-refractivity contribution in [1.29, 1.82) is 0 Å². The molecule has 2 aliphatic rings. The van der Waals surface area contributed by atoms with E-state index in [1.807, 2.05) is 11.8 Å². The number of thioether (sulfide) groups is 1. The predicted molar refractivity (Wildman–Crippen MR) is 147 cm³/mol. The number of hydrogen-bond acceptors (Lipinski definition) is 3. The first-order chi connectivity index (χ1) is 17.4. The van der Waals surface area contributed by atoms with E-state index in [0.29, 0.717) is 5.25 Å². The highest BCUT2D eigenvalue weighted by molar-refractivity contribution is 8.00. The van der Waals surface area contributed by atoms with E-state index in [1.165, 1.54) is 44.5 Å². The SMILES string of the molecule is c1ccc(N(c2ccccc2)c2cccc3c2SC2c4ccccc4N(c4ccccc4)C32)cc1. The summed E-state index contributed by atoms with van der Waals surface area (Å²) in [6.07, 6.45) is 0. The lowest BCUT2D eigenvalue weighted by Crippen LogP contribution is -2.19. The van der Waals surface area contributed by atoms with Gasteiger partial charge in [0, 0.05) is 27.6 Å². The van der Waals surface area contributed by atoms with E-state index in [1.54, 1.807) is 0 Å². The zero-order valence-corrected chi connectivity index (χ0v) is 20.0. The fourth-order valence-corrected chi connectivity index (χ4v) is 7.09. The molecule has 3 heteroatoms. The Hall–Kier alpha value is -3.95. The molecule has 0 fully saturated rings. The Bertz CT molecular complexity index is 1450. The minimum atomic E-state index is 0.267. The van der Waals surface area contributed by atoms with Crippen LogP contribution in [0.5, 0.6) is 0 Å². The van der Waals surface area contributed by atoms with Crippen molar-refractivity contribution in [2.24, 2.45) is 0 Å². The molecule has 0 bridgehead atoms. The van der Waals surface area contributed by atoms with Gasteiger partial charge in [0.15, 0.2) is 0 Å². The summed E-state index contributed by atoms with van der Waals surface area (Å²) in [7, 11) is 0. The molecule has 0 amide bonds. The van der Waals surface area contributed by atoms with E-state index >= 15 is 0 Å². The lowest BCUT2D eigenvalue weighted by Gasteiger charge is -2.29. The number of para-hydroxylation sites is 4. The third-order valence-corrected chi connectivity index (χ3v) is 8.41. The zero-order chi connectivity index (χ0) is 23.2. The molecular weight excluding hydrogens is 444 g/mol. The minimum Gasteiger partial charge on any atom is -0.332 e. The van der Waals surface area contributed by atoms with Crippen molar-refractivity contribution in [2.75, 3.05) is 9.80 Å². The van der Waals surface area contributed by atoms with Crippen molar-refractivity contribution >= 4 is 40.2 Å². The van der Waals surface area contributed by atoms with Crippen molar-refractivity contribution in [3.8, 4) is 0 Å². The van der Waals surface area contributed by atoms with Gasteiger partial charge in [-0.2, -0.15) is 0 Å². The maximum atomic E-state index is 2.54. The Morgan fingerprint density at radius 1 is 0.543 bits per heavy atom. The number of benzene rings is 5. The molecule has 0 N–H and O–H groups in total. The maximum absolute atomic E-state index is 2.54.